The number of halogens is 2. The van der Waals surface area contributed by atoms with Gasteiger partial charge in [0.25, 0.3) is 5.56 Å². The predicted molar refractivity (Wildman–Crippen MR) is 114 cm³/mol. The smallest absolute Gasteiger partial charge is 0.333 e. The van der Waals surface area contributed by atoms with Gasteiger partial charge in [-0.05, 0) is 25.1 Å². The van der Waals surface area contributed by atoms with Crippen molar-refractivity contribution in [3.63, 3.8) is 0 Å². The Balaban J connectivity index is 2.05. The van der Waals surface area contributed by atoms with Crippen LogP contribution in [0.4, 0.5) is 4.39 Å². The van der Waals surface area contributed by atoms with Gasteiger partial charge in [0.1, 0.15) is 17.0 Å². The van der Waals surface area contributed by atoms with Crippen LogP contribution in [0.5, 0.6) is 0 Å². The molecule has 0 atom stereocenters. The van der Waals surface area contributed by atoms with Gasteiger partial charge in [-0.3, -0.25) is 14.2 Å². The predicted octanol–water partition coefficient (Wildman–Crippen LogP) is 0.843. The van der Waals surface area contributed by atoms with E-state index in [1.54, 1.807) is 17.9 Å². The molecule has 10 heteroatoms. The number of thiazole rings is 1. The Morgan fingerprint density at radius 2 is 2.07 bits per heavy atom. The number of morpholine rings is 1. The number of rotatable bonds is 5. The molecule has 0 N–H and O–H groups in total. The summed E-state index contributed by atoms with van der Waals surface area (Å²) in [7, 11) is 0. The third-order valence-electron chi connectivity index (χ3n) is 4.37. The van der Waals surface area contributed by atoms with E-state index in [-0.39, 0.29) is 33.8 Å². The molecule has 160 valence electrons. The number of hydrogen-bond donors (Lipinski definition) is 0. The van der Waals surface area contributed by atoms with Gasteiger partial charge in [0.05, 0.1) is 30.4 Å². The van der Waals surface area contributed by atoms with Crippen LogP contribution >= 0.6 is 27.3 Å². The van der Waals surface area contributed by atoms with E-state index in [0.717, 1.165) is 11.3 Å². The number of hydrogen-bond acceptors (Lipinski definition) is 6. The lowest BCUT2D eigenvalue weighted by Crippen LogP contribution is -2.45. The number of nitrogens with zero attached hydrogens (tertiary/aromatic N) is 2. The molecular formula is C20H20BrFN2O5S. The van der Waals surface area contributed by atoms with Crippen molar-refractivity contribution in [2.45, 2.75) is 13.5 Å². The summed E-state index contributed by atoms with van der Waals surface area (Å²) in [4.78, 5) is 39.2. The highest BCUT2D eigenvalue weighted by Crippen LogP contribution is 2.15. The highest BCUT2D eigenvalue weighted by molar-refractivity contribution is 9.10. The summed E-state index contributed by atoms with van der Waals surface area (Å²) in [6.45, 7) is 3.39. The number of esters is 1. The minimum absolute atomic E-state index is 0.181. The lowest BCUT2D eigenvalue weighted by molar-refractivity contribution is -0.136. The molecular weight excluding hydrogens is 479 g/mol. The van der Waals surface area contributed by atoms with Crippen molar-refractivity contribution in [2.75, 3.05) is 32.9 Å². The Bertz CT molecular complexity index is 1120. The van der Waals surface area contributed by atoms with E-state index in [1.807, 2.05) is 0 Å². The summed E-state index contributed by atoms with van der Waals surface area (Å²) in [6.07, 6.45) is 2.59. The molecule has 1 aliphatic heterocycles. The summed E-state index contributed by atoms with van der Waals surface area (Å²) < 4.78 is 26.7. The average Bonchev–Trinajstić information content (AvgIpc) is 2.99. The lowest BCUT2D eigenvalue weighted by Gasteiger charge is -2.26. The van der Waals surface area contributed by atoms with Crippen LogP contribution in [0, 0.1) is 5.82 Å². The number of ether oxygens (including phenoxy) is 2. The van der Waals surface area contributed by atoms with E-state index in [4.69, 9.17) is 9.47 Å². The van der Waals surface area contributed by atoms with Gasteiger partial charge >= 0.3 is 5.97 Å². The fraction of sp³-hybridized carbons (Fsp3) is 0.350. The largest absolute Gasteiger partial charge is 0.463 e. The second-order valence-corrected chi connectivity index (χ2v) is 8.37. The van der Waals surface area contributed by atoms with Crippen LogP contribution in [0.15, 0.2) is 27.5 Å². The molecule has 1 aromatic carbocycles. The molecule has 0 saturated carbocycles. The van der Waals surface area contributed by atoms with Gasteiger partial charge in [-0.25, -0.2) is 9.18 Å². The van der Waals surface area contributed by atoms with Gasteiger partial charge in [0.2, 0.25) is 5.91 Å². The fourth-order valence-electron chi connectivity index (χ4n) is 2.89. The second kappa shape index (κ2) is 10.1. The van der Waals surface area contributed by atoms with Crippen molar-refractivity contribution >= 4 is 51.3 Å². The van der Waals surface area contributed by atoms with Gasteiger partial charge in [-0.1, -0.05) is 22.0 Å². The zero-order valence-corrected chi connectivity index (χ0v) is 18.6. The van der Waals surface area contributed by atoms with Crippen LogP contribution in [0.1, 0.15) is 12.5 Å². The summed E-state index contributed by atoms with van der Waals surface area (Å²) >= 11 is 4.20. The Kier molecular flexibility index (Phi) is 7.57. The van der Waals surface area contributed by atoms with Gasteiger partial charge in [0, 0.05) is 23.1 Å². The fourth-order valence-corrected chi connectivity index (χ4v) is 4.24. The van der Waals surface area contributed by atoms with E-state index in [9.17, 15) is 18.8 Å². The zero-order chi connectivity index (χ0) is 21.7. The number of carbonyl (C=O) groups excluding carboxylic acids is 2. The first kappa shape index (κ1) is 22.4. The second-order valence-electron chi connectivity index (χ2n) is 6.40. The molecule has 1 amide bonds. The molecule has 1 aromatic heterocycles. The minimum atomic E-state index is -0.618. The zero-order valence-electron chi connectivity index (χ0n) is 16.2. The normalized spacial score (nSPS) is 15.5. The summed E-state index contributed by atoms with van der Waals surface area (Å²) in [5.41, 5.74) is -0.245. The van der Waals surface area contributed by atoms with Crippen LogP contribution in [0.2, 0.25) is 0 Å². The lowest BCUT2D eigenvalue weighted by atomic mass is 10.2. The topological polar surface area (TPSA) is 77.8 Å². The Labute approximate surface area is 184 Å². The first-order valence-electron chi connectivity index (χ1n) is 9.29. The first-order chi connectivity index (χ1) is 14.4. The molecule has 7 nitrogen and oxygen atoms in total. The molecule has 1 fully saturated rings. The molecule has 2 aromatic rings. The Morgan fingerprint density at radius 1 is 1.33 bits per heavy atom. The molecule has 0 radical (unpaired) electrons. The van der Waals surface area contributed by atoms with Crippen LogP contribution < -0.4 is 14.8 Å². The van der Waals surface area contributed by atoms with Gasteiger partial charge in [-0.2, -0.15) is 0 Å². The molecule has 0 bridgehead atoms. The highest BCUT2D eigenvalue weighted by atomic mass is 79.9. The van der Waals surface area contributed by atoms with Crippen molar-refractivity contribution in [2.24, 2.45) is 0 Å². The van der Waals surface area contributed by atoms with Crippen LogP contribution in [0.3, 0.4) is 0 Å². The number of benzene rings is 1. The van der Waals surface area contributed by atoms with Crippen molar-refractivity contribution in [3.8, 4) is 0 Å². The number of aromatic nitrogens is 1. The van der Waals surface area contributed by atoms with Crippen LogP contribution in [-0.4, -0.2) is 54.3 Å². The Hall–Kier alpha value is -2.30. The van der Waals surface area contributed by atoms with Crippen molar-refractivity contribution < 1.29 is 23.5 Å². The third-order valence-corrected chi connectivity index (χ3v) is 5.92. The maximum Gasteiger partial charge on any atom is 0.333 e. The molecule has 1 aliphatic rings. The van der Waals surface area contributed by atoms with Gasteiger partial charge in [0.15, 0.2) is 0 Å². The molecule has 0 aliphatic carbocycles. The Morgan fingerprint density at radius 3 is 2.73 bits per heavy atom. The molecule has 30 heavy (non-hydrogen) atoms. The van der Waals surface area contributed by atoms with E-state index in [2.05, 4.69) is 15.9 Å². The van der Waals surface area contributed by atoms with E-state index >= 15 is 0 Å². The van der Waals surface area contributed by atoms with Crippen molar-refractivity contribution in [1.29, 1.82) is 0 Å². The minimum Gasteiger partial charge on any atom is -0.463 e. The maximum atomic E-state index is 14.2. The van der Waals surface area contributed by atoms with Crippen LogP contribution in [-0.2, 0) is 25.6 Å². The number of amides is 1. The molecule has 3 rings (SSSR count). The molecule has 0 unspecified atom stereocenters. The molecule has 0 spiro atoms. The van der Waals surface area contributed by atoms with E-state index in [0.29, 0.717) is 30.8 Å². The highest BCUT2D eigenvalue weighted by Gasteiger charge is 2.19. The summed E-state index contributed by atoms with van der Waals surface area (Å²) in [5, 5.41) is 0. The monoisotopic (exact) mass is 498 g/mol. The quantitative estimate of drug-likeness (QED) is 0.571. The van der Waals surface area contributed by atoms with Crippen molar-refractivity contribution in [3.05, 3.63) is 53.6 Å². The van der Waals surface area contributed by atoms with E-state index < -0.39 is 17.3 Å². The van der Waals surface area contributed by atoms with Crippen LogP contribution in [0.25, 0.3) is 12.2 Å². The van der Waals surface area contributed by atoms with Gasteiger partial charge < -0.3 is 14.4 Å². The summed E-state index contributed by atoms with van der Waals surface area (Å²) in [6, 6.07) is 4.50. The maximum absolute atomic E-state index is 14.2. The third kappa shape index (κ3) is 5.44. The number of carbonyl (C=O) groups is 2. The molecule has 2 heterocycles. The summed E-state index contributed by atoms with van der Waals surface area (Å²) in [5.74, 6) is -1.37. The molecule has 1 saturated heterocycles. The van der Waals surface area contributed by atoms with E-state index in [1.165, 1.54) is 28.9 Å². The van der Waals surface area contributed by atoms with Crippen molar-refractivity contribution in [1.82, 2.24) is 9.47 Å². The van der Waals surface area contributed by atoms with Gasteiger partial charge in [-0.15, -0.1) is 11.3 Å². The first-order valence-corrected chi connectivity index (χ1v) is 10.9. The standard InChI is InChI=1S/C20H20BrFN2O5S/c1-2-29-19(26)11-18-24(12-17(25)23-5-7-28-8-6-23)20(27)16(30-18)9-13-3-4-14(21)10-15(13)22/h3-4,9-11H,2,5-8,12H2,1H3. The SMILES string of the molecule is CCOC(=O)C=c1sc(=Cc2ccc(Br)cc2F)c(=O)n1CC(=O)N1CCOCC1. The average molecular weight is 499 g/mol.